The lowest BCUT2D eigenvalue weighted by Crippen LogP contribution is -2.13. The van der Waals surface area contributed by atoms with Crippen LogP contribution in [0.5, 0.6) is 0 Å². The van der Waals surface area contributed by atoms with Crippen molar-refractivity contribution < 1.29 is 0 Å². The van der Waals surface area contributed by atoms with E-state index in [0.29, 0.717) is 5.15 Å². The third-order valence-corrected chi connectivity index (χ3v) is 2.16. The van der Waals surface area contributed by atoms with E-state index in [-0.39, 0.29) is 0 Å². The standard InChI is InChI=1S/C8H14ClN3/c1-3-12-6-11-8(9)7(12)4-5-10-2/h6,10H,3-5H2,1-2H3. The molecule has 0 spiro atoms. The summed E-state index contributed by atoms with van der Waals surface area (Å²) in [5, 5.41) is 3.72. The number of imidazole rings is 1. The Morgan fingerprint density at radius 2 is 2.42 bits per heavy atom. The van der Waals surface area contributed by atoms with Gasteiger partial charge in [0, 0.05) is 19.5 Å². The molecular formula is C8H14ClN3. The topological polar surface area (TPSA) is 29.9 Å². The molecular weight excluding hydrogens is 174 g/mol. The molecule has 3 nitrogen and oxygen atoms in total. The van der Waals surface area contributed by atoms with Gasteiger partial charge in [-0.25, -0.2) is 4.98 Å². The summed E-state index contributed by atoms with van der Waals surface area (Å²) >= 11 is 5.90. The fourth-order valence-electron chi connectivity index (χ4n) is 1.15. The van der Waals surface area contributed by atoms with Gasteiger partial charge in [-0.1, -0.05) is 11.6 Å². The molecule has 0 radical (unpaired) electrons. The van der Waals surface area contributed by atoms with Crippen molar-refractivity contribution in [2.75, 3.05) is 13.6 Å². The van der Waals surface area contributed by atoms with Gasteiger partial charge in [-0.05, 0) is 14.0 Å². The van der Waals surface area contributed by atoms with Gasteiger partial charge in [-0.2, -0.15) is 0 Å². The fraction of sp³-hybridized carbons (Fsp3) is 0.625. The Kier molecular flexibility index (Phi) is 3.56. The number of aromatic nitrogens is 2. The average Bonchev–Trinajstić information content (AvgIpc) is 2.43. The molecule has 0 fully saturated rings. The minimum Gasteiger partial charge on any atom is -0.333 e. The summed E-state index contributed by atoms with van der Waals surface area (Å²) in [4.78, 5) is 4.04. The van der Waals surface area contributed by atoms with Gasteiger partial charge in [0.1, 0.15) is 5.15 Å². The van der Waals surface area contributed by atoms with Gasteiger partial charge in [0.05, 0.1) is 12.0 Å². The molecule has 0 aliphatic rings. The first kappa shape index (κ1) is 9.55. The molecule has 0 aliphatic heterocycles. The summed E-state index contributed by atoms with van der Waals surface area (Å²) in [5.74, 6) is 0. The van der Waals surface area contributed by atoms with Gasteiger partial charge >= 0.3 is 0 Å². The van der Waals surface area contributed by atoms with Crippen molar-refractivity contribution in [3.8, 4) is 0 Å². The van der Waals surface area contributed by atoms with E-state index in [1.165, 1.54) is 0 Å². The van der Waals surface area contributed by atoms with Gasteiger partial charge in [-0.3, -0.25) is 0 Å². The van der Waals surface area contributed by atoms with E-state index in [9.17, 15) is 0 Å². The molecule has 4 heteroatoms. The summed E-state index contributed by atoms with van der Waals surface area (Å²) in [6.45, 7) is 3.95. The predicted molar refractivity (Wildman–Crippen MR) is 50.5 cm³/mol. The minimum absolute atomic E-state index is 0.632. The molecule has 0 aliphatic carbocycles. The van der Waals surface area contributed by atoms with Crippen molar-refractivity contribution in [2.24, 2.45) is 0 Å². The third-order valence-electron chi connectivity index (χ3n) is 1.85. The van der Waals surface area contributed by atoms with Crippen LogP contribution in [0.25, 0.3) is 0 Å². The van der Waals surface area contributed by atoms with Crippen LogP contribution in [0.2, 0.25) is 5.15 Å². The van der Waals surface area contributed by atoms with E-state index in [2.05, 4.69) is 21.8 Å². The Bertz CT molecular complexity index is 244. The Hall–Kier alpha value is -0.540. The summed E-state index contributed by atoms with van der Waals surface area (Å²) < 4.78 is 2.07. The summed E-state index contributed by atoms with van der Waals surface area (Å²) in [7, 11) is 1.93. The Morgan fingerprint density at radius 3 is 3.00 bits per heavy atom. The first-order valence-corrected chi connectivity index (χ1v) is 4.51. The molecule has 12 heavy (non-hydrogen) atoms. The lowest BCUT2D eigenvalue weighted by atomic mass is 10.3. The molecule has 1 aromatic rings. The zero-order chi connectivity index (χ0) is 8.97. The molecule has 1 N–H and O–H groups in total. The monoisotopic (exact) mass is 187 g/mol. The van der Waals surface area contributed by atoms with Crippen molar-refractivity contribution in [3.05, 3.63) is 17.2 Å². The van der Waals surface area contributed by atoms with Gasteiger partial charge in [0.2, 0.25) is 0 Å². The lowest BCUT2D eigenvalue weighted by molar-refractivity contribution is 0.683. The van der Waals surface area contributed by atoms with Crippen molar-refractivity contribution in [3.63, 3.8) is 0 Å². The quantitative estimate of drug-likeness (QED) is 0.771. The number of nitrogens with one attached hydrogen (secondary N) is 1. The molecule has 1 aromatic heterocycles. The number of aryl methyl sites for hydroxylation is 1. The smallest absolute Gasteiger partial charge is 0.150 e. The van der Waals surface area contributed by atoms with Crippen LogP contribution in [0.1, 0.15) is 12.6 Å². The largest absolute Gasteiger partial charge is 0.333 e. The normalized spacial score (nSPS) is 10.6. The van der Waals surface area contributed by atoms with Crippen LogP contribution in [-0.2, 0) is 13.0 Å². The van der Waals surface area contributed by atoms with Crippen molar-refractivity contribution >= 4 is 11.6 Å². The van der Waals surface area contributed by atoms with Crippen LogP contribution >= 0.6 is 11.6 Å². The molecule has 0 amide bonds. The molecule has 0 unspecified atom stereocenters. The number of hydrogen-bond acceptors (Lipinski definition) is 2. The first-order chi connectivity index (χ1) is 5.79. The van der Waals surface area contributed by atoms with E-state index in [1.807, 2.05) is 7.05 Å². The number of hydrogen-bond donors (Lipinski definition) is 1. The highest BCUT2D eigenvalue weighted by molar-refractivity contribution is 6.30. The maximum Gasteiger partial charge on any atom is 0.150 e. The second-order valence-corrected chi connectivity index (χ2v) is 2.98. The van der Waals surface area contributed by atoms with Crippen LogP contribution < -0.4 is 5.32 Å². The highest BCUT2D eigenvalue weighted by atomic mass is 35.5. The Balaban J connectivity index is 2.72. The maximum absolute atomic E-state index is 5.90. The van der Waals surface area contributed by atoms with Gasteiger partial charge in [-0.15, -0.1) is 0 Å². The second-order valence-electron chi connectivity index (χ2n) is 2.62. The van der Waals surface area contributed by atoms with E-state index in [0.717, 1.165) is 25.2 Å². The van der Waals surface area contributed by atoms with E-state index < -0.39 is 0 Å². The molecule has 0 bridgehead atoms. The zero-order valence-corrected chi connectivity index (χ0v) is 8.23. The van der Waals surface area contributed by atoms with Crippen LogP contribution in [-0.4, -0.2) is 23.1 Å². The van der Waals surface area contributed by atoms with Crippen molar-refractivity contribution in [1.29, 1.82) is 0 Å². The number of rotatable bonds is 4. The summed E-state index contributed by atoms with van der Waals surface area (Å²) in [6.07, 6.45) is 2.72. The van der Waals surface area contributed by atoms with Gasteiger partial charge < -0.3 is 9.88 Å². The van der Waals surface area contributed by atoms with Crippen LogP contribution in [0.3, 0.4) is 0 Å². The third kappa shape index (κ3) is 1.99. The maximum atomic E-state index is 5.90. The predicted octanol–water partition coefficient (Wildman–Crippen LogP) is 1.32. The SMILES string of the molecule is CCn1cnc(Cl)c1CCNC. The molecule has 1 rings (SSSR count). The highest BCUT2D eigenvalue weighted by Crippen LogP contribution is 2.13. The van der Waals surface area contributed by atoms with Crippen molar-refractivity contribution in [1.82, 2.24) is 14.9 Å². The van der Waals surface area contributed by atoms with Crippen LogP contribution in [0.4, 0.5) is 0 Å². The second kappa shape index (κ2) is 4.48. The van der Waals surface area contributed by atoms with Gasteiger partial charge in [0.25, 0.3) is 0 Å². The van der Waals surface area contributed by atoms with E-state index in [1.54, 1.807) is 6.33 Å². The minimum atomic E-state index is 0.632. The number of likely N-dealkylation sites (N-methyl/N-ethyl adjacent to an activating group) is 1. The molecule has 68 valence electrons. The number of halogens is 1. The average molecular weight is 188 g/mol. The first-order valence-electron chi connectivity index (χ1n) is 4.13. The molecule has 0 saturated carbocycles. The Labute approximate surface area is 77.7 Å². The Morgan fingerprint density at radius 1 is 1.67 bits per heavy atom. The molecule has 0 aromatic carbocycles. The van der Waals surface area contributed by atoms with E-state index in [4.69, 9.17) is 11.6 Å². The molecule has 0 atom stereocenters. The summed E-state index contributed by atoms with van der Waals surface area (Å²) in [6, 6.07) is 0. The van der Waals surface area contributed by atoms with Crippen LogP contribution in [0.15, 0.2) is 6.33 Å². The summed E-state index contributed by atoms with van der Waals surface area (Å²) in [5.41, 5.74) is 1.12. The fourth-order valence-corrected chi connectivity index (χ4v) is 1.39. The zero-order valence-electron chi connectivity index (χ0n) is 7.47. The molecule has 1 heterocycles. The van der Waals surface area contributed by atoms with Crippen molar-refractivity contribution in [2.45, 2.75) is 19.9 Å². The molecule has 0 saturated heterocycles. The lowest BCUT2D eigenvalue weighted by Gasteiger charge is -2.04. The van der Waals surface area contributed by atoms with E-state index >= 15 is 0 Å². The highest BCUT2D eigenvalue weighted by Gasteiger charge is 2.05. The van der Waals surface area contributed by atoms with Gasteiger partial charge in [0.15, 0.2) is 0 Å². The van der Waals surface area contributed by atoms with Crippen LogP contribution in [0, 0.1) is 0 Å². The number of nitrogens with zero attached hydrogens (tertiary/aromatic N) is 2.